The lowest BCUT2D eigenvalue weighted by atomic mass is 9.98. The first kappa shape index (κ1) is 27.4. The number of nitrogens with zero attached hydrogens (tertiary/aromatic N) is 3. The van der Waals surface area contributed by atoms with Crippen LogP contribution in [0.4, 0.5) is 10.1 Å². The molecule has 0 amide bonds. The van der Waals surface area contributed by atoms with Crippen molar-refractivity contribution in [3.05, 3.63) is 96.6 Å². The van der Waals surface area contributed by atoms with E-state index in [0.29, 0.717) is 29.0 Å². The number of nitro benzene ring substituents is 1. The molecule has 40 heavy (non-hydrogen) atoms. The fraction of sp³-hybridized carbons (Fsp3) is 0.250. The summed E-state index contributed by atoms with van der Waals surface area (Å²) in [7, 11) is 0. The van der Waals surface area contributed by atoms with Crippen LogP contribution in [0.3, 0.4) is 0 Å². The number of carbonyl (C=O) groups excluding carboxylic acids is 1. The minimum absolute atomic E-state index is 0.00655. The predicted molar refractivity (Wildman–Crippen MR) is 147 cm³/mol. The van der Waals surface area contributed by atoms with Crippen molar-refractivity contribution in [3.8, 4) is 11.4 Å². The van der Waals surface area contributed by atoms with Gasteiger partial charge in [0, 0.05) is 46.2 Å². The van der Waals surface area contributed by atoms with E-state index < -0.39 is 22.8 Å². The number of non-ortho nitro benzene ring substituents is 1. The number of hydrogen-bond acceptors (Lipinski definition) is 9. The van der Waals surface area contributed by atoms with E-state index in [1.807, 2.05) is 13.8 Å². The zero-order chi connectivity index (χ0) is 28.7. The van der Waals surface area contributed by atoms with Crippen molar-refractivity contribution < 1.29 is 24.0 Å². The van der Waals surface area contributed by atoms with Gasteiger partial charge in [-0.3, -0.25) is 19.6 Å². The number of ether oxygens (including phenoxy) is 1. The number of cyclic esters (lactones) is 1. The molecule has 2 aliphatic rings. The molecular formula is C28H25FN4O6S. The molecule has 2 aromatic carbocycles. The number of pyridine rings is 2. The van der Waals surface area contributed by atoms with Crippen molar-refractivity contribution in [2.75, 3.05) is 0 Å². The summed E-state index contributed by atoms with van der Waals surface area (Å²) in [6.07, 6.45) is -1.57. The number of nitrogens with one attached hydrogen (secondary N) is 1. The molecular weight excluding hydrogens is 539 g/mol. The Morgan fingerprint density at radius 1 is 1.20 bits per heavy atom. The Kier molecular flexibility index (Phi) is 7.41. The van der Waals surface area contributed by atoms with E-state index in [-0.39, 0.29) is 35.5 Å². The van der Waals surface area contributed by atoms with Crippen LogP contribution in [0.2, 0.25) is 0 Å². The van der Waals surface area contributed by atoms with Gasteiger partial charge in [0.25, 0.3) is 11.2 Å². The number of fused-ring (bicyclic) bond motifs is 5. The summed E-state index contributed by atoms with van der Waals surface area (Å²) in [6.45, 7) is 5.97. The first-order chi connectivity index (χ1) is 19.2. The second kappa shape index (κ2) is 10.8. The number of aromatic nitrogens is 2. The number of esters is 1. The van der Waals surface area contributed by atoms with E-state index in [4.69, 9.17) is 9.72 Å². The quantitative estimate of drug-likeness (QED) is 0.135. The van der Waals surface area contributed by atoms with Crippen LogP contribution in [0.15, 0.2) is 52.2 Å². The van der Waals surface area contributed by atoms with Crippen molar-refractivity contribution in [1.82, 2.24) is 14.3 Å². The maximum absolute atomic E-state index is 14.5. The number of aryl methyl sites for hydroxylation is 1. The van der Waals surface area contributed by atoms with Gasteiger partial charge in [-0.05, 0) is 54.3 Å². The second-order valence-corrected chi connectivity index (χ2v) is 10.0. The fourth-order valence-corrected chi connectivity index (χ4v) is 5.52. The Morgan fingerprint density at radius 3 is 2.62 bits per heavy atom. The summed E-state index contributed by atoms with van der Waals surface area (Å²) in [5, 5.41) is 22.0. The smallest absolute Gasteiger partial charge is 0.340 e. The Labute approximate surface area is 232 Å². The minimum Gasteiger partial charge on any atom is -0.458 e. The molecule has 206 valence electrons. The van der Waals surface area contributed by atoms with E-state index in [0.717, 1.165) is 21.4 Å². The van der Waals surface area contributed by atoms with E-state index >= 15 is 0 Å². The molecule has 2 aliphatic heterocycles. The summed E-state index contributed by atoms with van der Waals surface area (Å²) in [5.41, 5.74) is 3.37. The molecule has 1 atom stereocenters. The summed E-state index contributed by atoms with van der Waals surface area (Å²) in [4.78, 5) is 41.1. The van der Waals surface area contributed by atoms with Crippen LogP contribution in [0.25, 0.3) is 22.3 Å². The number of benzene rings is 2. The van der Waals surface area contributed by atoms with Crippen molar-refractivity contribution in [1.29, 1.82) is 0 Å². The number of rotatable bonds is 5. The predicted octanol–water partition coefficient (Wildman–Crippen LogP) is 4.69. The minimum atomic E-state index is -1.57. The van der Waals surface area contributed by atoms with Crippen molar-refractivity contribution >= 4 is 34.5 Å². The van der Waals surface area contributed by atoms with E-state index in [1.165, 1.54) is 34.7 Å². The summed E-state index contributed by atoms with van der Waals surface area (Å²) >= 11 is 1.28. The SMILES string of the molecule is CC.Cc1cc2c(CNSc3ccc([N+](=O)[O-])cc3)c3c(nc2cc1F)-c1cc2c(c(=O)n1C3)COC(=O)C2O. The maximum atomic E-state index is 14.5. The molecule has 0 aliphatic carbocycles. The number of halogens is 1. The molecule has 0 fully saturated rings. The first-order valence-corrected chi connectivity index (χ1v) is 13.4. The maximum Gasteiger partial charge on any atom is 0.340 e. The number of nitro groups is 1. The van der Waals surface area contributed by atoms with Gasteiger partial charge in [0.1, 0.15) is 12.4 Å². The molecule has 4 aromatic rings. The van der Waals surface area contributed by atoms with Crippen LogP contribution in [-0.4, -0.2) is 25.6 Å². The van der Waals surface area contributed by atoms with Crippen LogP contribution in [0, 0.1) is 22.9 Å². The van der Waals surface area contributed by atoms with Gasteiger partial charge in [-0.25, -0.2) is 14.2 Å². The largest absolute Gasteiger partial charge is 0.458 e. The standard InChI is InChI=1S/C26H19FN4O6S.C2H6/c1-12-6-15-17(9-28-38-14-4-2-13(3-5-14)31(35)36)18-10-30-22(23(18)29-21(15)8-20(12)27)7-16-19(25(30)33)11-37-26(34)24(16)32;1-2/h2-8,24,28,32H,9-11H2,1H3;1-2H3. The van der Waals surface area contributed by atoms with E-state index in [1.54, 1.807) is 31.2 Å². The third kappa shape index (κ3) is 4.63. The zero-order valence-electron chi connectivity index (χ0n) is 21.9. The van der Waals surface area contributed by atoms with Crippen LogP contribution in [0.5, 0.6) is 0 Å². The van der Waals surface area contributed by atoms with Crippen molar-refractivity contribution in [2.45, 2.75) is 51.5 Å². The average Bonchev–Trinajstić information content (AvgIpc) is 3.31. The zero-order valence-corrected chi connectivity index (χ0v) is 22.7. The normalized spacial score (nSPS) is 15.0. The number of carbonyl (C=O) groups is 1. The van der Waals surface area contributed by atoms with Gasteiger partial charge in [0.2, 0.25) is 0 Å². The van der Waals surface area contributed by atoms with Gasteiger partial charge in [-0.1, -0.05) is 13.8 Å². The third-order valence-corrected chi connectivity index (χ3v) is 7.64. The molecule has 0 saturated carbocycles. The highest BCUT2D eigenvalue weighted by Gasteiger charge is 2.34. The first-order valence-electron chi connectivity index (χ1n) is 12.6. The van der Waals surface area contributed by atoms with E-state index in [9.17, 15) is 29.2 Å². The van der Waals surface area contributed by atoms with Crippen LogP contribution in [-0.2, 0) is 29.2 Å². The van der Waals surface area contributed by atoms with Gasteiger partial charge in [-0.2, -0.15) is 0 Å². The van der Waals surface area contributed by atoms with Gasteiger partial charge in [0.05, 0.1) is 33.9 Å². The Morgan fingerprint density at radius 2 is 1.93 bits per heavy atom. The summed E-state index contributed by atoms with van der Waals surface area (Å²) < 4.78 is 24.3. The number of aliphatic hydroxyl groups excluding tert-OH is 1. The molecule has 10 nitrogen and oxygen atoms in total. The molecule has 6 rings (SSSR count). The van der Waals surface area contributed by atoms with Crippen molar-refractivity contribution in [3.63, 3.8) is 0 Å². The highest BCUT2D eigenvalue weighted by molar-refractivity contribution is 7.97. The molecule has 2 N–H and O–H groups in total. The van der Waals surface area contributed by atoms with Crippen LogP contribution in [0.1, 0.15) is 47.8 Å². The van der Waals surface area contributed by atoms with Crippen molar-refractivity contribution in [2.24, 2.45) is 0 Å². The van der Waals surface area contributed by atoms with Gasteiger partial charge >= 0.3 is 5.97 Å². The highest BCUT2D eigenvalue weighted by atomic mass is 32.2. The average molecular weight is 565 g/mol. The van der Waals surface area contributed by atoms with Gasteiger partial charge < -0.3 is 14.4 Å². The highest BCUT2D eigenvalue weighted by Crippen LogP contribution is 2.38. The molecule has 4 heterocycles. The van der Waals surface area contributed by atoms with E-state index in [2.05, 4.69) is 4.72 Å². The van der Waals surface area contributed by atoms with Gasteiger partial charge in [0.15, 0.2) is 6.10 Å². The third-order valence-electron chi connectivity index (χ3n) is 6.84. The fourth-order valence-electron chi connectivity index (χ4n) is 4.87. The lowest BCUT2D eigenvalue weighted by Gasteiger charge is -2.21. The number of aliphatic hydroxyl groups is 1. The Balaban J connectivity index is 0.00000158. The molecule has 0 bridgehead atoms. The monoisotopic (exact) mass is 564 g/mol. The van der Waals surface area contributed by atoms with Gasteiger partial charge in [-0.15, -0.1) is 0 Å². The van der Waals surface area contributed by atoms with Crippen LogP contribution < -0.4 is 10.3 Å². The molecule has 0 spiro atoms. The topological polar surface area (TPSA) is 137 Å². The lowest BCUT2D eigenvalue weighted by molar-refractivity contribution is -0.384. The molecule has 12 heteroatoms. The second-order valence-electron chi connectivity index (χ2n) is 9.08. The molecule has 1 unspecified atom stereocenters. The summed E-state index contributed by atoms with van der Waals surface area (Å²) in [6, 6.07) is 10.8. The van der Waals surface area contributed by atoms with Crippen LogP contribution >= 0.6 is 11.9 Å². The molecule has 0 radical (unpaired) electrons. The molecule has 0 saturated heterocycles. The number of hydrogen-bond donors (Lipinski definition) is 2. The summed E-state index contributed by atoms with van der Waals surface area (Å²) in [5.74, 6) is -1.24. The Bertz CT molecular complexity index is 1740. The Hall–Kier alpha value is -4.13. The molecule has 2 aromatic heterocycles. The lowest BCUT2D eigenvalue weighted by Crippen LogP contribution is -2.32.